The first-order chi connectivity index (χ1) is 19.2. The summed E-state index contributed by atoms with van der Waals surface area (Å²) in [5, 5.41) is 15.3. The molecule has 0 radical (unpaired) electrons. The lowest BCUT2D eigenvalue weighted by atomic mass is 10.0. The molecule has 1 aromatic carbocycles. The number of likely N-dealkylation sites (N-methyl/N-ethyl adjacent to an activating group) is 1. The summed E-state index contributed by atoms with van der Waals surface area (Å²) in [6.45, 7) is 6.53. The van der Waals surface area contributed by atoms with Crippen molar-refractivity contribution in [3.05, 3.63) is 52.7 Å². The number of benzene rings is 1. The highest BCUT2D eigenvalue weighted by Crippen LogP contribution is 2.31. The molecule has 0 aliphatic carbocycles. The summed E-state index contributed by atoms with van der Waals surface area (Å²) in [7, 11) is -6.37. The fraction of sp³-hybridized carbons (Fsp3) is 0.462. The minimum absolute atomic E-state index is 0.00973. The topological polar surface area (TPSA) is 159 Å². The Kier molecular flexibility index (Phi) is 9.13. The number of nitrogens with zero attached hydrogens (tertiary/aromatic N) is 3. The van der Waals surface area contributed by atoms with E-state index in [0.717, 1.165) is 11.3 Å². The van der Waals surface area contributed by atoms with Gasteiger partial charge in [0.05, 0.1) is 25.6 Å². The smallest absolute Gasteiger partial charge is 0.271 e. The van der Waals surface area contributed by atoms with Gasteiger partial charge in [0.2, 0.25) is 15.9 Å². The number of carbonyl (C=O) groups is 1. The van der Waals surface area contributed by atoms with E-state index in [1.165, 1.54) is 36.5 Å². The van der Waals surface area contributed by atoms with Gasteiger partial charge in [-0.25, -0.2) is 16.8 Å². The van der Waals surface area contributed by atoms with Crippen LogP contribution < -0.4 is 9.46 Å². The van der Waals surface area contributed by atoms with Crippen LogP contribution in [0.2, 0.25) is 0 Å². The summed E-state index contributed by atoms with van der Waals surface area (Å²) < 4.78 is 67.8. The molecular formula is C26H34N4O8S3. The molecule has 2 aromatic heterocycles. The number of ether oxygens (including phenoxy) is 1. The molecule has 3 aromatic rings. The number of sulfonamides is 2. The Bertz CT molecular complexity index is 1580. The van der Waals surface area contributed by atoms with Gasteiger partial charge < -0.3 is 19.3 Å². The van der Waals surface area contributed by atoms with Crippen molar-refractivity contribution in [3.63, 3.8) is 0 Å². The molecule has 1 aliphatic rings. The largest absolute Gasteiger partial charge is 0.488 e. The molecule has 224 valence electrons. The van der Waals surface area contributed by atoms with Crippen LogP contribution >= 0.6 is 11.3 Å². The van der Waals surface area contributed by atoms with Gasteiger partial charge in [0.15, 0.2) is 5.76 Å². The number of rotatable bonds is 9. The molecule has 0 bridgehead atoms. The second-order valence-electron chi connectivity index (χ2n) is 10.2. The molecule has 1 aliphatic heterocycles. The number of amides is 1. The molecule has 0 spiro atoms. The van der Waals surface area contributed by atoms with Gasteiger partial charge in [0, 0.05) is 30.8 Å². The van der Waals surface area contributed by atoms with Crippen LogP contribution in [-0.2, 0) is 31.3 Å². The second-order valence-corrected chi connectivity index (χ2v) is 15.0. The van der Waals surface area contributed by atoms with Crippen LogP contribution in [-0.4, -0.2) is 81.1 Å². The number of fused-ring (bicyclic) bond motifs is 1. The van der Waals surface area contributed by atoms with Gasteiger partial charge in [0.25, 0.3) is 10.0 Å². The van der Waals surface area contributed by atoms with Crippen LogP contribution in [0.4, 0.5) is 5.69 Å². The molecule has 15 heteroatoms. The predicted molar refractivity (Wildman–Crippen MR) is 153 cm³/mol. The number of hydrogen-bond donors (Lipinski definition) is 2. The van der Waals surface area contributed by atoms with Gasteiger partial charge in [-0.2, -0.15) is 4.31 Å². The standard InChI is InChI=1S/C26H34N4O8S3/c1-16-13-30(17(2)15-31)24(32)12-20-11-21(28-40(33,34)25-7-6-10-39-25)8-9-22(20)37-23(16)14-29(5)41(35,36)26-18(3)27-38-19(26)4/h6-11,16-17,23,28,31H,12-15H2,1-5H3/t16-,17+,23+/m1/s1. The second kappa shape index (κ2) is 12.1. The third kappa shape index (κ3) is 6.59. The van der Waals surface area contributed by atoms with Gasteiger partial charge in [-0.1, -0.05) is 18.1 Å². The SMILES string of the molecule is Cc1noc(C)c1S(=O)(=O)N(C)C[C@@H]1Oc2ccc(NS(=O)(=O)c3cccs3)cc2CC(=O)N([C@@H](C)CO)C[C@H]1C. The van der Waals surface area contributed by atoms with Crippen LogP contribution in [0, 0.1) is 19.8 Å². The molecule has 3 atom stereocenters. The van der Waals surface area contributed by atoms with E-state index in [0.29, 0.717) is 11.3 Å². The van der Waals surface area contributed by atoms with E-state index in [2.05, 4.69) is 9.88 Å². The van der Waals surface area contributed by atoms with Crippen molar-refractivity contribution < 1.29 is 36.0 Å². The van der Waals surface area contributed by atoms with E-state index in [1.807, 2.05) is 6.92 Å². The fourth-order valence-corrected chi connectivity index (χ4v) is 8.19. The average Bonchev–Trinajstić information content (AvgIpc) is 3.58. The van der Waals surface area contributed by atoms with Crippen LogP contribution in [0.5, 0.6) is 5.75 Å². The molecule has 2 N–H and O–H groups in total. The highest BCUT2D eigenvalue weighted by Gasteiger charge is 2.35. The molecule has 41 heavy (non-hydrogen) atoms. The first-order valence-corrected chi connectivity index (χ1v) is 16.7. The maximum Gasteiger partial charge on any atom is 0.271 e. The maximum absolute atomic E-state index is 13.4. The van der Waals surface area contributed by atoms with Crippen molar-refractivity contribution in [2.24, 2.45) is 5.92 Å². The Labute approximate surface area is 244 Å². The van der Waals surface area contributed by atoms with Crippen LogP contribution in [0.15, 0.2) is 49.3 Å². The number of aryl methyl sites for hydroxylation is 2. The summed E-state index contributed by atoms with van der Waals surface area (Å²) in [5.74, 6) is -0.123. The van der Waals surface area contributed by atoms with Crippen molar-refractivity contribution >= 4 is 43.0 Å². The summed E-state index contributed by atoms with van der Waals surface area (Å²) in [5.41, 5.74) is 0.915. The number of thiophene rings is 1. The first-order valence-electron chi connectivity index (χ1n) is 12.9. The van der Waals surface area contributed by atoms with Crippen molar-refractivity contribution in [3.8, 4) is 5.75 Å². The van der Waals surface area contributed by atoms with E-state index >= 15 is 0 Å². The van der Waals surface area contributed by atoms with E-state index in [-0.39, 0.29) is 64.2 Å². The molecule has 0 fully saturated rings. The predicted octanol–water partition coefficient (Wildman–Crippen LogP) is 2.62. The molecule has 12 nitrogen and oxygen atoms in total. The van der Waals surface area contributed by atoms with Crippen molar-refractivity contribution in [1.82, 2.24) is 14.4 Å². The molecule has 3 heterocycles. The van der Waals surface area contributed by atoms with Gasteiger partial charge in [-0.15, -0.1) is 11.3 Å². The van der Waals surface area contributed by atoms with Crippen molar-refractivity contribution in [2.75, 3.05) is 31.5 Å². The average molecular weight is 627 g/mol. The number of anilines is 1. The Morgan fingerprint density at radius 3 is 2.59 bits per heavy atom. The fourth-order valence-electron chi connectivity index (χ4n) is 4.68. The number of aromatic nitrogens is 1. The molecular weight excluding hydrogens is 593 g/mol. The lowest BCUT2D eigenvalue weighted by Crippen LogP contribution is -2.48. The quantitative estimate of drug-likeness (QED) is 0.364. The Balaban J connectivity index is 1.70. The minimum Gasteiger partial charge on any atom is -0.488 e. The lowest BCUT2D eigenvalue weighted by Gasteiger charge is -2.33. The minimum atomic E-state index is -3.98. The number of aliphatic hydroxyl groups is 1. The van der Waals surface area contributed by atoms with Crippen molar-refractivity contribution in [2.45, 2.75) is 55.4 Å². The number of aliphatic hydroxyl groups excluding tert-OH is 1. The van der Waals surface area contributed by atoms with E-state index < -0.39 is 32.2 Å². The third-order valence-corrected chi connectivity index (χ3v) is 11.8. The third-order valence-electron chi connectivity index (χ3n) is 7.00. The summed E-state index contributed by atoms with van der Waals surface area (Å²) in [6, 6.07) is 7.27. The normalized spacial score (nSPS) is 19.2. The van der Waals surface area contributed by atoms with E-state index in [9.17, 15) is 26.7 Å². The van der Waals surface area contributed by atoms with Gasteiger partial charge in [0.1, 0.15) is 26.7 Å². The molecule has 0 saturated heterocycles. The van der Waals surface area contributed by atoms with Crippen LogP contribution in [0.3, 0.4) is 0 Å². The monoisotopic (exact) mass is 626 g/mol. The zero-order valence-electron chi connectivity index (χ0n) is 23.4. The number of carbonyl (C=O) groups excluding carboxylic acids is 1. The Hall–Kier alpha value is -2.98. The lowest BCUT2D eigenvalue weighted by molar-refractivity contribution is -0.134. The first kappa shape index (κ1) is 31.0. The maximum atomic E-state index is 13.4. The van der Waals surface area contributed by atoms with Crippen molar-refractivity contribution in [1.29, 1.82) is 0 Å². The van der Waals surface area contributed by atoms with Gasteiger partial charge in [-0.05, 0) is 50.4 Å². The highest BCUT2D eigenvalue weighted by atomic mass is 32.2. The number of hydrogen-bond acceptors (Lipinski definition) is 10. The Morgan fingerprint density at radius 1 is 1.24 bits per heavy atom. The molecule has 1 amide bonds. The number of nitrogens with one attached hydrogen (secondary N) is 1. The summed E-state index contributed by atoms with van der Waals surface area (Å²) >= 11 is 1.08. The van der Waals surface area contributed by atoms with Gasteiger partial charge in [-0.3, -0.25) is 9.52 Å². The Morgan fingerprint density at radius 2 is 1.98 bits per heavy atom. The van der Waals surface area contributed by atoms with E-state index in [4.69, 9.17) is 9.26 Å². The summed E-state index contributed by atoms with van der Waals surface area (Å²) in [4.78, 5) is 15.0. The molecule has 0 saturated carbocycles. The highest BCUT2D eigenvalue weighted by molar-refractivity contribution is 7.94. The molecule has 0 unspecified atom stereocenters. The molecule has 4 rings (SSSR count). The van der Waals surface area contributed by atoms with E-state index in [1.54, 1.807) is 36.3 Å². The zero-order chi connectivity index (χ0) is 30.1. The van der Waals surface area contributed by atoms with Crippen LogP contribution in [0.25, 0.3) is 0 Å². The van der Waals surface area contributed by atoms with Crippen LogP contribution in [0.1, 0.15) is 30.9 Å². The van der Waals surface area contributed by atoms with Gasteiger partial charge >= 0.3 is 0 Å². The zero-order valence-corrected chi connectivity index (χ0v) is 25.8. The summed E-state index contributed by atoms with van der Waals surface area (Å²) in [6.07, 6.45) is -0.817.